The number of rotatable bonds is 5. The Morgan fingerprint density at radius 2 is 2.27 bits per heavy atom. The SMILES string of the molecule is Cc1c(CN(C)C(=O)/C=C/c2ccc([N+](=O)[O-])o2)cnn1C. The first kappa shape index (κ1) is 15.5. The monoisotopic (exact) mass is 304 g/mol. The number of furan rings is 1. The van der Waals surface area contributed by atoms with E-state index in [2.05, 4.69) is 5.10 Å². The highest BCUT2D eigenvalue weighted by molar-refractivity contribution is 5.91. The minimum absolute atomic E-state index is 0.234. The van der Waals surface area contributed by atoms with Gasteiger partial charge in [-0.2, -0.15) is 5.10 Å². The number of amides is 1. The first-order chi connectivity index (χ1) is 10.4. The van der Waals surface area contributed by atoms with Crippen LogP contribution in [0.15, 0.2) is 28.8 Å². The van der Waals surface area contributed by atoms with Gasteiger partial charge in [0.2, 0.25) is 5.91 Å². The molecule has 2 rings (SSSR count). The average Bonchev–Trinajstić information content (AvgIpc) is 3.07. The maximum Gasteiger partial charge on any atom is 0.433 e. The molecule has 0 bridgehead atoms. The van der Waals surface area contributed by atoms with Gasteiger partial charge < -0.3 is 9.32 Å². The maximum atomic E-state index is 12.0. The van der Waals surface area contributed by atoms with E-state index in [9.17, 15) is 14.9 Å². The Labute approximate surface area is 126 Å². The molecule has 0 N–H and O–H groups in total. The Hall–Kier alpha value is -2.90. The molecule has 0 aliphatic rings. The summed E-state index contributed by atoms with van der Waals surface area (Å²) in [6.07, 6.45) is 4.44. The zero-order valence-corrected chi connectivity index (χ0v) is 12.5. The molecule has 22 heavy (non-hydrogen) atoms. The van der Waals surface area contributed by atoms with Crippen molar-refractivity contribution >= 4 is 17.9 Å². The van der Waals surface area contributed by atoms with Crippen molar-refractivity contribution in [3.05, 3.63) is 51.5 Å². The van der Waals surface area contributed by atoms with Crippen molar-refractivity contribution in [2.75, 3.05) is 7.05 Å². The van der Waals surface area contributed by atoms with Crippen LogP contribution in [0.4, 0.5) is 5.88 Å². The van der Waals surface area contributed by atoms with Crippen molar-refractivity contribution in [3.8, 4) is 0 Å². The highest BCUT2D eigenvalue weighted by Crippen LogP contribution is 2.17. The van der Waals surface area contributed by atoms with Gasteiger partial charge in [-0.05, 0) is 19.1 Å². The summed E-state index contributed by atoms with van der Waals surface area (Å²) < 4.78 is 6.69. The molecule has 116 valence electrons. The average molecular weight is 304 g/mol. The summed E-state index contributed by atoms with van der Waals surface area (Å²) in [6.45, 7) is 2.36. The van der Waals surface area contributed by atoms with Gasteiger partial charge >= 0.3 is 5.88 Å². The van der Waals surface area contributed by atoms with Crippen LogP contribution in [-0.2, 0) is 18.4 Å². The second kappa shape index (κ2) is 6.25. The van der Waals surface area contributed by atoms with E-state index < -0.39 is 4.92 Å². The van der Waals surface area contributed by atoms with E-state index in [1.54, 1.807) is 17.9 Å². The van der Waals surface area contributed by atoms with Crippen LogP contribution < -0.4 is 0 Å². The zero-order chi connectivity index (χ0) is 16.3. The van der Waals surface area contributed by atoms with Gasteiger partial charge in [0.1, 0.15) is 10.7 Å². The lowest BCUT2D eigenvalue weighted by molar-refractivity contribution is -0.402. The molecule has 2 aromatic heterocycles. The van der Waals surface area contributed by atoms with Gasteiger partial charge in [0.15, 0.2) is 0 Å². The van der Waals surface area contributed by atoms with Crippen LogP contribution in [0.5, 0.6) is 0 Å². The fourth-order valence-electron chi connectivity index (χ4n) is 1.84. The van der Waals surface area contributed by atoms with Crippen molar-refractivity contribution < 1.29 is 14.1 Å². The van der Waals surface area contributed by atoms with Crippen molar-refractivity contribution in [1.29, 1.82) is 0 Å². The maximum absolute atomic E-state index is 12.0. The first-order valence-electron chi connectivity index (χ1n) is 6.53. The van der Waals surface area contributed by atoms with Gasteiger partial charge in [0, 0.05) is 38.0 Å². The molecule has 0 aliphatic heterocycles. The molecule has 0 radical (unpaired) electrons. The number of nitro groups is 1. The Bertz CT molecular complexity index is 729. The van der Waals surface area contributed by atoms with E-state index in [4.69, 9.17) is 4.42 Å². The number of hydrogen-bond donors (Lipinski definition) is 0. The lowest BCUT2D eigenvalue weighted by atomic mass is 10.2. The van der Waals surface area contributed by atoms with Crippen LogP contribution in [0.25, 0.3) is 6.08 Å². The summed E-state index contributed by atoms with van der Waals surface area (Å²) in [5, 5.41) is 14.6. The minimum Gasteiger partial charge on any atom is -0.401 e. The van der Waals surface area contributed by atoms with E-state index in [0.717, 1.165) is 11.3 Å². The van der Waals surface area contributed by atoms with Gasteiger partial charge in [0.05, 0.1) is 12.3 Å². The summed E-state index contributed by atoms with van der Waals surface area (Å²) in [7, 11) is 3.51. The van der Waals surface area contributed by atoms with Gasteiger partial charge in [-0.15, -0.1) is 0 Å². The molecule has 2 aromatic rings. The predicted octanol–water partition coefficient (Wildman–Crippen LogP) is 1.90. The van der Waals surface area contributed by atoms with Crippen LogP contribution in [0.2, 0.25) is 0 Å². The molecule has 8 nitrogen and oxygen atoms in total. The third-order valence-corrected chi connectivity index (χ3v) is 3.30. The van der Waals surface area contributed by atoms with Gasteiger partial charge in [-0.3, -0.25) is 19.6 Å². The molecule has 0 spiro atoms. The Morgan fingerprint density at radius 3 is 2.82 bits per heavy atom. The Kier molecular flexibility index (Phi) is 4.40. The number of nitrogens with zero attached hydrogens (tertiary/aromatic N) is 4. The van der Waals surface area contributed by atoms with Crippen molar-refractivity contribution in [1.82, 2.24) is 14.7 Å². The van der Waals surface area contributed by atoms with Gasteiger partial charge in [-0.25, -0.2) is 0 Å². The van der Waals surface area contributed by atoms with Crippen LogP contribution in [-0.4, -0.2) is 32.6 Å². The zero-order valence-electron chi connectivity index (χ0n) is 12.5. The second-order valence-electron chi connectivity index (χ2n) is 4.84. The quantitative estimate of drug-likeness (QED) is 0.477. The number of aromatic nitrogens is 2. The molecule has 0 fully saturated rings. The molecular weight excluding hydrogens is 288 g/mol. The van der Waals surface area contributed by atoms with Gasteiger partial charge in [-0.1, -0.05) is 0 Å². The van der Waals surface area contributed by atoms with E-state index in [1.165, 1.54) is 29.2 Å². The fraction of sp³-hybridized carbons (Fsp3) is 0.286. The highest BCUT2D eigenvalue weighted by atomic mass is 16.6. The molecule has 2 heterocycles. The fourth-order valence-corrected chi connectivity index (χ4v) is 1.84. The molecule has 1 amide bonds. The van der Waals surface area contributed by atoms with Crippen LogP contribution in [0, 0.1) is 17.0 Å². The Morgan fingerprint density at radius 1 is 1.55 bits per heavy atom. The number of likely N-dealkylation sites (N-methyl/N-ethyl adjacent to an activating group) is 1. The molecule has 0 saturated carbocycles. The molecule has 0 atom stereocenters. The van der Waals surface area contributed by atoms with E-state index in [-0.39, 0.29) is 17.6 Å². The number of aryl methyl sites for hydroxylation is 1. The summed E-state index contributed by atoms with van der Waals surface area (Å²) in [5.74, 6) is -0.334. The van der Waals surface area contributed by atoms with Crippen molar-refractivity contribution in [2.24, 2.45) is 7.05 Å². The third kappa shape index (κ3) is 3.40. The number of carbonyl (C=O) groups is 1. The first-order valence-corrected chi connectivity index (χ1v) is 6.53. The third-order valence-electron chi connectivity index (χ3n) is 3.30. The predicted molar refractivity (Wildman–Crippen MR) is 78.8 cm³/mol. The summed E-state index contributed by atoms with van der Waals surface area (Å²) in [5.41, 5.74) is 1.95. The molecule has 8 heteroatoms. The van der Waals surface area contributed by atoms with Crippen LogP contribution in [0.1, 0.15) is 17.0 Å². The van der Waals surface area contributed by atoms with Crippen molar-refractivity contribution in [2.45, 2.75) is 13.5 Å². The minimum atomic E-state index is -0.629. The van der Waals surface area contributed by atoms with Crippen LogP contribution >= 0.6 is 0 Å². The molecular formula is C14H16N4O4. The van der Waals surface area contributed by atoms with E-state index >= 15 is 0 Å². The number of carbonyl (C=O) groups excluding carboxylic acids is 1. The number of hydrogen-bond acceptors (Lipinski definition) is 5. The normalized spacial score (nSPS) is 11.0. The summed E-state index contributed by atoms with van der Waals surface area (Å²) >= 11 is 0. The lowest BCUT2D eigenvalue weighted by Crippen LogP contribution is -2.24. The topological polar surface area (TPSA) is 94.4 Å². The van der Waals surface area contributed by atoms with E-state index in [1.807, 2.05) is 14.0 Å². The standard InChI is InChI=1S/C14H16N4O4/c1-10-11(8-15-17(10)3)9-16(2)13(19)6-4-12-5-7-14(22-12)18(20)21/h4-8H,9H2,1-3H3/b6-4+. The second-order valence-corrected chi connectivity index (χ2v) is 4.84. The van der Waals surface area contributed by atoms with Crippen molar-refractivity contribution in [3.63, 3.8) is 0 Å². The molecule has 0 unspecified atom stereocenters. The molecule has 0 saturated heterocycles. The molecule has 0 aliphatic carbocycles. The highest BCUT2D eigenvalue weighted by Gasteiger charge is 2.12. The van der Waals surface area contributed by atoms with E-state index in [0.29, 0.717) is 6.54 Å². The lowest BCUT2D eigenvalue weighted by Gasteiger charge is -2.14. The van der Waals surface area contributed by atoms with Crippen LogP contribution in [0.3, 0.4) is 0 Å². The molecule has 0 aromatic carbocycles. The smallest absolute Gasteiger partial charge is 0.401 e. The largest absolute Gasteiger partial charge is 0.433 e. The Balaban J connectivity index is 1.99. The van der Waals surface area contributed by atoms with Gasteiger partial charge in [0.25, 0.3) is 0 Å². The summed E-state index contributed by atoms with van der Waals surface area (Å²) in [6, 6.07) is 2.68. The summed E-state index contributed by atoms with van der Waals surface area (Å²) in [4.78, 5) is 23.4.